The van der Waals surface area contributed by atoms with Crippen molar-refractivity contribution < 1.29 is 4.74 Å². The van der Waals surface area contributed by atoms with Gasteiger partial charge in [-0.25, -0.2) is 4.98 Å². The smallest absolute Gasteiger partial charge is 0.293 e. The maximum Gasteiger partial charge on any atom is 0.293 e. The van der Waals surface area contributed by atoms with Crippen LogP contribution in [0.25, 0.3) is 0 Å². The van der Waals surface area contributed by atoms with Crippen molar-refractivity contribution in [3.63, 3.8) is 0 Å². The number of ether oxygens (including phenoxy) is 1. The van der Waals surface area contributed by atoms with Gasteiger partial charge >= 0.3 is 0 Å². The van der Waals surface area contributed by atoms with E-state index in [9.17, 15) is 4.79 Å². The number of rotatable bonds is 6. The number of hydrogen-bond acceptors (Lipinski definition) is 5. The van der Waals surface area contributed by atoms with Crippen molar-refractivity contribution in [2.75, 3.05) is 19.0 Å². The highest BCUT2D eigenvalue weighted by molar-refractivity contribution is 5.52. The quantitative estimate of drug-likeness (QED) is 0.864. The molecular formula is C13H19N5O2. The van der Waals surface area contributed by atoms with Gasteiger partial charge in [-0.1, -0.05) is 0 Å². The highest BCUT2D eigenvalue weighted by atomic mass is 16.5. The van der Waals surface area contributed by atoms with E-state index in [0.29, 0.717) is 19.0 Å². The summed E-state index contributed by atoms with van der Waals surface area (Å²) in [6.07, 6.45) is 6.76. The van der Waals surface area contributed by atoms with E-state index >= 15 is 0 Å². The van der Waals surface area contributed by atoms with Gasteiger partial charge in [0.2, 0.25) is 0 Å². The average Bonchev–Trinajstić information content (AvgIpc) is 2.86. The zero-order valence-corrected chi connectivity index (χ0v) is 11.9. The summed E-state index contributed by atoms with van der Waals surface area (Å²) >= 11 is 0. The molecule has 0 atom stereocenters. The van der Waals surface area contributed by atoms with Crippen molar-refractivity contribution in [2.24, 2.45) is 0 Å². The number of nitrogens with zero attached hydrogens (tertiary/aromatic N) is 4. The molecular weight excluding hydrogens is 258 g/mol. The van der Waals surface area contributed by atoms with Gasteiger partial charge in [0.05, 0.1) is 25.0 Å². The number of aromatic nitrogens is 4. The monoisotopic (exact) mass is 277 g/mol. The molecule has 20 heavy (non-hydrogen) atoms. The fourth-order valence-electron chi connectivity index (χ4n) is 1.79. The Morgan fingerprint density at radius 1 is 1.45 bits per heavy atom. The summed E-state index contributed by atoms with van der Waals surface area (Å²) in [7, 11) is 1.64. The Morgan fingerprint density at radius 2 is 2.25 bits per heavy atom. The third-order valence-electron chi connectivity index (χ3n) is 2.84. The molecule has 2 rings (SSSR count). The Bertz CT molecular complexity index is 617. The first-order chi connectivity index (χ1) is 9.61. The molecule has 2 aromatic rings. The lowest BCUT2D eigenvalue weighted by atomic mass is 10.4. The molecule has 2 heterocycles. The minimum Gasteiger partial charge on any atom is -0.383 e. The van der Waals surface area contributed by atoms with Crippen molar-refractivity contribution in [2.45, 2.75) is 26.4 Å². The summed E-state index contributed by atoms with van der Waals surface area (Å²) < 4.78 is 8.36. The number of nitrogens with one attached hydrogen (secondary N) is 1. The molecule has 0 spiro atoms. The van der Waals surface area contributed by atoms with Gasteiger partial charge in [0.1, 0.15) is 0 Å². The van der Waals surface area contributed by atoms with Gasteiger partial charge in [-0.05, 0) is 13.8 Å². The summed E-state index contributed by atoms with van der Waals surface area (Å²) in [5.74, 6) is 0.299. The molecule has 0 aliphatic carbocycles. The molecule has 7 nitrogen and oxygen atoms in total. The van der Waals surface area contributed by atoms with Crippen LogP contribution in [-0.2, 0) is 11.3 Å². The van der Waals surface area contributed by atoms with Gasteiger partial charge in [0.25, 0.3) is 5.56 Å². The molecule has 0 aliphatic rings. The second-order valence-electron chi connectivity index (χ2n) is 4.69. The summed E-state index contributed by atoms with van der Waals surface area (Å²) in [6, 6.07) is 0.0930. The fraction of sp³-hybridized carbons (Fsp3) is 0.462. The van der Waals surface area contributed by atoms with Gasteiger partial charge in [-0.2, -0.15) is 5.10 Å². The maximum atomic E-state index is 12.2. The van der Waals surface area contributed by atoms with Crippen LogP contribution in [0.15, 0.2) is 29.6 Å². The fourth-order valence-corrected chi connectivity index (χ4v) is 1.79. The molecule has 0 saturated heterocycles. The molecule has 0 radical (unpaired) electrons. The van der Waals surface area contributed by atoms with E-state index in [1.54, 1.807) is 34.9 Å². The second-order valence-corrected chi connectivity index (χ2v) is 4.69. The Morgan fingerprint density at radius 3 is 2.95 bits per heavy atom. The van der Waals surface area contributed by atoms with Crippen molar-refractivity contribution in [3.05, 3.63) is 35.1 Å². The molecule has 2 aromatic heterocycles. The minimum atomic E-state index is -0.146. The molecule has 0 amide bonds. The highest BCUT2D eigenvalue weighted by Crippen LogP contribution is 2.10. The van der Waals surface area contributed by atoms with Crippen molar-refractivity contribution >= 4 is 11.5 Å². The third-order valence-corrected chi connectivity index (χ3v) is 2.84. The third kappa shape index (κ3) is 3.24. The summed E-state index contributed by atoms with van der Waals surface area (Å²) in [5.41, 5.74) is 0.583. The van der Waals surface area contributed by atoms with Crippen molar-refractivity contribution in [1.29, 1.82) is 0 Å². The van der Waals surface area contributed by atoms with Crippen LogP contribution < -0.4 is 10.9 Å². The first-order valence-electron chi connectivity index (χ1n) is 6.47. The Labute approximate surface area is 117 Å². The molecule has 7 heteroatoms. The van der Waals surface area contributed by atoms with Gasteiger partial charge in [0.15, 0.2) is 5.82 Å². The van der Waals surface area contributed by atoms with E-state index in [4.69, 9.17) is 4.74 Å². The Balaban J connectivity index is 2.16. The first-order valence-corrected chi connectivity index (χ1v) is 6.47. The molecule has 0 saturated carbocycles. The van der Waals surface area contributed by atoms with Gasteiger partial charge in [-0.3, -0.25) is 9.48 Å². The van der Waals surface area contributed by atoms with Gasteiger partial charge in [-0.15, -0.1) is 0 Å². The zero-order chi connectivity index (χ0) is 14.5. The Kier molecular flexibility index (Phi) is 4.52. The lowest BCUT2D eigenvalue weighted by Crippen LogP contribution is -2.24. The molecule has 1 N–H and O–H groups in total. The second kappa shape index (κ2) is 6.33. The van der Waals surface area contributed by atoms with E-state index in [1.807, 2.05) is 20.0 Å². The topological polar surface area (TPSA) is 74.0 Å². The molecule has 0 bridgehead atoms. The lowest BCUT2D eigenvalue weighted by Gasteiger charge is -2.10. The van der Waals surface area contributed by atoms with Crippen molar-refractivity contribution in [1.82, 2.24) is 19.3 Å². The van der Waals surface area contributed by atoms with Crippen LogP contribution in [0, 0.1) is 0 Å². The lowest BCUT2D eigenvalue weighted by molar-refractivity contribution is 0.183. The van der Waals surface area contributed by atoms with E-state index in [2.05, 4.69) is 15.4 Å². The standard InChI is InChI=1S/C13H19N5O2/c1-10(2)18-5-4-14-12(13(18)19)16-11-8-15-17(9-11)6-7-20-3/h4-5,8-10H,6-7H2,1-3H3,(H,14,16). The predicted octanol–water partition coefficient (Wildman–Crippen LogP) is 1.41. The SMILES string of the molecule is COCCn1cc(Nc2nccn(C(C)C)c2=O)cn1. The van der Waals surface area contributed by atoms with E-state index in [0.717, 1.165) is 5.69 Å². The summed E-state index contributed by atoms with van der Waals surface area (Å²) in [4.78, 5) is 16.3. The molecule has 108 valence electrons. The van der Waals surface area contributed by atoms with E-state index < -0.39 is 0 Å². The average molecular weight is 277 g/mol. The van der Waals surface area contributed by atoms with Crippen LogP contribution in [0.2, 0.25) is 0 Å². The van der Waals surface area contributed by atoms with Crippen LogP contribution in [0.1, 0.15) is 19.9 Å². The Hall–Kier alpha value is -2.15. The number of methoxy groups -OCH3 is 1. The summed E-state index contributed by atoms with van der Waals surface area (Å²) in [6.45, 7) is 5.16. The highest BCUT2D eigenvalue weighted by Gasteiger charge is 2.08. The van der Waals surface area contributed by atoms with Crippen LogP contribution in [0.3, 0.4) is 0 Å². The van der Waals surface area contributed by atoms with Crippen LogP contribution >= 0.6 is 0 Å². The van der Waals surface area contributed by atoms with Gasteiger partial charge in [0, 0.05) is 31.7 Å². The number of anilines is 2. The van der Waals surface area contributed by atoms with Gasteiger partial charge < -0.3 is 14.6 Å². The summed E-state index contributed by atoms with van der Waals surface area (Å²) in [5, 5.41) is 7.17. The largest absolute Gasteiger partial charge is 0.383 e. The van der Waals surface area contributed by atoms with Crippen LogP contribution in [-0.4, -0.2) is 33.0 Å². The first kappa shape index (κ1) is 14.3. The van der Waals surface area contributed by atoms with Crippen molar-refractivity contribution in [3.8, 4) is 0 Å². The zero-order valence-electron chi connectivity index (χ0n) is 11.9. The molecule has 0 aromatic carbocycles. The van der Waals surface area contributed by atoms with E-state index in [1.165, 1.54) is 0 Å². The molecule has 0 unspecified atom stereocenters. The van der Waals surface area contributed by atoms with Crippen LogP contribution in [0.5, 0.6) is 0 Å². The number of hydrogen-bond donors (Lipinski definition) is 1. The minimum absolute atomic E-state index is 0.0930. The maximum absolute atomic E-state index is 12.2. The van der Waals surface area contributed by atoms with E-state index in [-0.39, 0.29) is 11.6 Å². The normalized spacial score (nSPS) is 11.0. The van der Waals surface area contributed by atoms with Crippen LogP contribution in [0.4, 0.5) is 11.5 Å². The molecule has 0 fully saturated rings. The molecule has 0 aliphatic heterocycles. The predicted molar refractivity (Wildman–Crippen MR) is 76.3 cm³/mol.